The van der Waals surface area contributed by atoms with Crippen molar-refractivity contribution in [1.29, 1.82) is 0 Å². The van der Waals surface area contributed by atoms with Gasteiger partial charge >= 0.3 is 0 Å². The molecule has 1 aliphatic rings. The standard InChI is InChI=1S/C25H21ClN4O2/c26-19-8-10-20(11-9-19)32-25-18(7-4-13-27-25)15-30-14-12-22-21(16-30)24(31)29-23(28-22)17-5-2-1-3-6-17/h1-11,13H,12,14-16H2,(H,28,29,31). The number of nitrogens with one attached hydrogen (secondary N) is 1. The van der Waals surface area contributed by atoms with E-state index in [-0.39, 0.29) is 5.56 Å². The van der Waals surface area contributed by atoms with Crippen molar-refractivity contribution in [3.63, 3.8) is 0 Å². The van der Waals surface area contributed by atoms with Crippen molar-refractivity contribution >= 4 is 11.6 Å². The second-order valence-corrected chi connectivity index (χ2v) is 8.13. The first-order valence-electron chi connectivity index (χ1n) is 10.4. The van der Waals surface area contributed by atoms with E-state index in [0.717, 1.165) is 28.9 Å². The van der Waals surface area contributed by atoms with Gasteiger partial charge in [0, 0.05) is 48.4 Å². The first-order valence-corrected chi connectivity index (χ1v) is 10.8. The minimum absolute atomic E-state index is 0.0811. The lowest BCUT2D eigenvalue weighted by Gasteiger charge is -2.28. The summed E-state index contributed by atoms with van der Waals surface area (Å²) < 4.78 is 5.99. The van der Waals surface area contributed by atoms with Crippen LogP contribution < -0.4 is 10.3 Å². The van der Waals surface area contributed by atoms with Crippen molar-refractivity contribution in [2.45, 2.75) is 19.5 Å². The van der Waals surface area contributed by atoms with Crippen LogP contribution in [0.2, 0.25) is 5.02 Å². The van der Waals surface area contributed by atoms with E-state index in [9.17, 15) is 4.79 Å². The zero-order valence-corrected chi connectivity index (χ0v) is 18.0. The van der Waals surface area contributed by atoms with Crippen LogP contribution in [0.25, 0.3) is 11.4 Å². The fourth-order valence-electron chi connectivity index (χ4n) is 3.84. The van der Waals surface area contributed by atoms with Crippen molar-refractivity contribution in [1.82, 2.24) is 19.9 Å². The lowest BCUT2D eigenvalue weighted by Crippen LogP contribution is -2.35. The summed E-state index contributed by atoms with van der Waals surface area (Å²) in [6, 6.07) is 20.8. The van der Waals surface area contributed by atoms with E-state index in [1.807, 2.05) is 54.6 Å². The number of aromatic nitrogens is 3. The molecule has 7 heteroatoms. The van der Waals surface area contributed by atoms with Crippen LogP contribution in [-0.2, 0) is 19.5 Å². The monoisotopic (exact) mass is 444 g/mol. The number of ether oxygens (including phenoxy) is 1. The fraction of sp³-hybridized carbons (Fsp3) is 0.160. The molecule has 2 aromatic carbocycles. The molecule has 1 aliphatic heterocycles. The second kappa shape index (κ2) is 8.94. The van der Waals surface area contributed by atoms with Gasteiger partial charge in [0.15, 0.2) is 0 Å². The average Bonchev–Trinajstić information content (AvgIpc) is 2.82. The Balaban J connectivity index is 1.35. The van der Waals surface area contributed by atoms with Gasteiger partial charge in [0.05, 0.1) is 11.3 Å². The van der Waals surface area contributed by atoms with Gasteiger partial charge in [-0.1, -0.05) is 48.0 Å². The topological polar surface area (TPSA) is 71.1 Å². The maximum absolute atomic E-state index is 12.8. The summed E-state index contributed by atoms with van der Waals surface area (Å²) in [4.78, 5) is 27.1. The molecule has 0 bridgehead atoms. The summed E-state index contributed by atoms with van der Waals surface area (Å²) in [5, 5.41) is 0.653. The van der Waals surface area contributed by atoms with E-state index in [4.69, 9.17) is 21.3 Å². The Morgan fingerprint density at radius 2 is 1.84 bits per heavy atom. The zero-order chi connectivity index (χ0) is 21.9. The van der Waals surface area contributed by atoms with Crippen LogP contribution in [0.5, 0.6) is 11.6 Å². The van der Waals surface area contributed by atoms with Crippen molar-refractivity contribution in [2.75, 3.05) is 6.54 Å². The van der Waals surface area contributed by atoms with Gasteiger partial charge in [-0.25, -0.2) is 9.97 Å². The number of H-pyrrole nitrogens is 1. The quantitative estimate of drug-likeness (QED) is 0.477. The second-order valence-electron chi connectivity index (χ2n) is 7.69. The molecule has 160 valence electrons. The average molecular weight is 445 g/mol. The number of halogens is 1. The normalized spacial score (nSPS) is 13.5. The minimum Gasteiger partial charge on any atom is -0.439 e. The molecule has 0 saturated heterocycles. The molecule has 0 fully saturated rings. The molecule has 4 aromatic rings. The van der Waals surface area contributed by atoms with Crippen LogP contribution in [0.4, 0.5) is 0 Å². The highest BCUT2D eigenvalue weighted by Crippen LogP contribution is 2.27. The van der Waals surface area contributed by atoms with Gasteiger partial charge in [-0.3, -0.25) is 9.69 Å². The van der Waals surface area contributed by atoms with Gasteiger partial charge in [-0.15, -0.1) is 0 Å². The fourth-order valence-corrected chi connectivity index (χ4v) is 3.97. The Bertz CT molecular complexity index is 1290. The van der Waals surface area contributed by atoms with Gasteiger partial charge in [0.25, 0.3) is 5.56 Å². The largest absolute Gasteiger partial charge is 0.439 e. The molecular formula is C25H21ClN4O2. The molecule has 0 unspecified atom stereocenters. The molecule has 0 atom stereocenters. The number of hydrogen-bond donors (Lipinski definition) is 1. The number of hydrogen-bond acceptors (Lipinski definition) is 5. The number of rotatable bonds is 5. The highest BCUT2D eigenvalue weighted by molar-refractivity contribution is 6.30. The maximum atomic E-state index is 12.8. The van der Waals surface area contributed by atoms with E-state index < -0.39 is 0 Å². The number of aromatic amines is 1. The molecule has 0 aliphatic carbocycles. The highest BCUT2D eigenvalue weighted by Gasteiger charge is 2.22. The molecule has 32 heavy (non-hydrogen) atoms. The van der Waals surface area contributed by atoms with E-state index in [1.165, 1.54) is 0 Å². The van der Waals surface area contributed by atoms with E-state index in [2.05, 4.69) is 14.9 Å². The van der Waals surface area contributed by atoms with Crippen LogP contribution >= 0.6 is 11.6 Å². The first-order chi connectivity index (χ1) is 15.7. The SMILES string of the molecule is O=c1[nH]c(-c2ccccc2)nc2c1CN(Cc1cccnc1Oc1ccc(Cl)cc1)CC2. The van der Waals surface area contributed by atoms with Gasteiger partial charge in [0.1, 0.15) is 11.6 Å². The molecule has 6 nitrogen and oxygen atoms in total. The van der Waals surface area contributed by atoms with Crippen LogP contribution in [0, 0.1) is 0 Å². The van der Waals surface area contributed by atoms with E-state index >= 15 is 0 Å². The zero-order valence-electron chi connectivity index (χ0n) is 17.3. The molecule has 0 spiro atoms. The first kappa shape index (κ1) is 20.4. The van der Waals surface area contributed by atoms with Crippen molar-refractivity contribution < 1.29 is 4.74 Å². The summed E-state index contributed by atoms with van der Waals surface area (Å²) in [5.41, 5.74) is 3.38. The van der Waals surface area contributed by atoms with Gasteiger partial charge in [-0.05, 0) is 30.3 Å². The Morgan fingerprint density at radius 1 is 1.03 bits per heavy atom. The molecule has 2 aromatic heterocycles. The summed E-state index contributed by atoms with van der Waals surface area (Å²) in [6.07, 6.45) is 2.42. The number of pyridine rings is 1. The Hall–Kier alpha value is -3.48. The number of nitrogens with zero attached hydrogens (tertiary/aromatic N) is 3. The number of benzene rings is 2. The predicted molar refractivity (Wildman–Crippen MR) is 124 cm³/mol. The van der Waals surface area contributed by atoms with E-state index in [0.29, 0.717) is 42.0 Å². The summed E-state index contributed by atoms with van der Waals surface area (Å²) in [6.45, 7) is 1.95. The summed E-state index contributed by atoms with van der Waals surface area (Å²) in [5.74, 6) is 1.84. The number of fused-ring (bicyclic) bond motifs is 1. The van der Waals surface area contributed by atoms with Crippen molar-refractivity contribution in [3.05, 3.63) is 105 Å². The Labute approximate surface area is 190 Å². The molecule has 5 rings (SSSR count). The predicted octanol–water partition coefficient (Wildman–Crippen LogP) is 4.84. The molecule has 1 N–H and O–H groups in total. The molecular weight excluding hydrogens is 424 g/mol. The van der Waals surface area contributed by atoms with Crippen molar-refractivity contribution in [2.24, 2.45) is 0 Å². The Morgan fingerprint density at radius 3 is 2.66 bits per heavy atom. The van der Waals surface area contributed by atoms with Crippen molar-refractivity contribution in [3.8, 4) is 23.0 Å². The third-order valence-corrected chi connectivity index (χ3v) is 5.72. The summed E-state index contributed by atoms with van der Waals surface area (Å²) in [7, 11) is 0. The van der Waals surface area contributed by atoms with Gasteiger partial charge in [-0.2, -0.15) is 0 Å². The third kappa shape index (κ3) is 4.42. The minimum atomic E-state index is -0.0811. The molecule has 3 heterocycles. The maximum Gasteiger partial charge on any atom is 0.255 e. The van der Waals surface area contributed by atoms with Crippen LogP contribution in [0.1, 0.15) is 16.8 Å². The molecule has 0 radical (unpaired) electrons. The van der Waals surface area contributed by atoms with Crippen LogP contribution in [-0.4, -0.2) is 26.4 Å². The third-order valence-electron chi connectivity index (χ3n) is 5.47. The lowest BCUT2D eigenvalue weighted by molar-refractivity contribution is 0.238. The van der Waals surface area contributed by atoms with Gasteiger partial charge < -0.3 is 9.72 Å². The summed E-state index contributed by atoms with van der Waals surface area (Å²) >= 11 is 5.96. The van der Waals surface area contributed by atoms with Crippen LogP contribution in [0.15, 0.2) is 77.7 Å². The molecule has 0 saturated carbocycles. The van der Waals surface area contributed by atoms with Gasteiger partial charge in [0.2, 0.25) is 5.88 Å². The highest BCUT2D eigenvalue weighted by atomic mass is 35.5. The Kier molecular flexibility index (Phi) is 5.71. The lowest BCUT2D eigenvalue weighted by atomic mass is 10.1. The van der Waals surface area contributed by atoms with Crippen LogP contribution in [0.3, 0.4) is 0 Å². The van der Waals surface area contributed by atoms with E-state index in [1.54, 1.807) is 18.3 Å². The molecule has 0 amide bonds. The smallest absolute Gasteiger partial charge is 0.255 e.